The summed E-state index contributed by atoms with van der Waals surface area (Å²) in [4.78, 5) is 0. The first kappa shape index (κ1) is 48.8. The van der Waals surface area contributed by atoms with Crippen molar-refractivity contribution in [3.05, 3.63) is 153 Å². The van der Waals surface area contributed by atoms with Gasteiger partial charge in [0.25, 0.3) is 0 Å². The van der Waals surface area contributed by atoms with Gasteiger partial charge < -0.3 is 24.8 Å². The topological polar surface area (TPSA) is 0 Å². The van der Waals surface area contributed by atoms with Crippen molar-refractivity contribution >= 4 is 3.21 Å². The number of hydrogen-bond acceptors (Lipinski definition) is 0. The van der Waals surface area contributed by atoms with Crippen LogP contribution in [0.2, 0.25) is 0 Å². The Labute approximate surface area is 364 Å². The van der Waals surface area contributed by atoms with Gasteiger partial charge in [-0.05, 0) is 28.4 Å². The normalized spacial score (nSPS) is 14.9. The Morgan fingerprint density at radius 1 is 0.545 bits per heavy atom. The van der Waals surface area contributed by atoms with Crippen molar-refractivity contribution in [2.45, 2.75) is 139 Å². The fourth-order valence-electron chi connectivity index (χ4n) is 6.52. The van der Waals surface area contributed by atoms with Crippen molar-refractivity contribution in [1.29, 1.82) is 0 Å². The zero-order chi connectivity index (χ0) is 39.7. The van der Waals surface area contributed by atoms with Gasteiger partial charge in [-0.15, -0.1) is 11.1 Å². The van der Waals surface area contributed by atoms with Crippen LogP contribution in [-0.2, 0) is 52.3 Å². The van der Waals surface area contributed by atoms with Crippen LogP contribution >= 0.6 is 0 Å². The summed E-state index contributed by atoms with van der Waals surface area (Å²) in [6.45, 7) is 36.0. The number of fused-ring (bicyclic) bond motifs is 3. The van der Waals surface area contributed by atoms with Gasteiger partial charge in [0.2, 0.25) is 0 Å². The molecule has 6 rings (SSSR count). The van der Waals surface area contributed by atoms with Crippen molar-refractivity contribution < 1.29 is 49.0 Å². The van der Waals surface area contributed by atoms with Crippen LogP contribution in [0.4, 0.5) is 0 Å². The third-order valence-electron chi connectivity index (χ3n) is 10.3. The van der Waals surface area contributed by atoms with Gasteiger partial charge in [-0.3, -0.25) is 6.08 Å². The monoisotopic (exact) mass is 850 g/mol. The molecule has 0 amide bonds. The summed E-state index contributed by atoms with van der Waals surface area (Å²) >= 11 is 1.46. The van der Waals surface area contributed by atoms with Crippen molar-refractivity contribution in [3.63, 3.8) is 0 Å². The summed E-state index contributed by atoms with van der Waals surface area (Å²) in [7, 11) is 0. The molecule has 2 aliphatic carbocycles. The molecule has 0 fully saturated rings. The molecule has 2 aliphatic rings. The summed E-state index contributed by atoms with van der Waals surface area (Å²) in [6, 6.07) is 33.3. The molecule has 4 aromatic rings. The minimum atomic E-state index is 0. The molecule has 0 spiro atoms. The fourth-order valence-corrected chi connectivity index (χ4v) is 7.34. The molecule has 0 nitrogen and oxygen atoms in total. The van der Waals surface area contributed by atoms with Gasteiger partial charge in [-0.2, -0.15) is 35.4 Å². The summed E-state index contributed by atoms with van der Waals surface area (Å²) < 4.78 is 1.42. The Kier molecular flexibility index (Phi) is 16.4. The van der Waals surface area contributed by atoms with Crippen LogP contribution in [0.25, 0.3) is 11.1 Å². The van der Waals surface area contributed by atoms with Crippen LogP contribution in [0.1, 0.15) is 155 Å². The van der Waals surface area contributed by atoms with E-state index < -0.39 is 0 Å². The minimum absolute atomic E-state index is 0. The van der Waals surface area contributed by atoms with Gasteiger partial charge in [0, 0.05) is 0 Å². The molecule has 0 heterocycles. The molecule has 4 aromatic carbocycles. The first-order valence-corrected chi connectivity index (χ1v) is 20.8. The molecule has 0 saturated heterocycles. The van der Waals surface area contributed by atoms with Gasteiger partial charge in [0.1, 0.15) is 0 Å². The number of benzene rings is 4. The largest absolute Gasteiger partial charge is 1.00 e. The Balaban J connectivity index is 0.000000298. The average molecular weight is 853 g/mol. The van der Waals surface area contributed by atoms with E-state index in [2.05, 4.69) is 214 Å². The molecule has 1 unspecified atom stereocenters. The maximum atomic E-state index is 3.67. The van der Waals surface area contributed by atoms with E-state index in [0.29, 0.717) is 11.3 Å². The Bertz CT molecular complexity index is 1830. The first-order valence-electron chi connectivity index (χ1n) is 19.6. The Morgan fingerprint density at radius 3 is 1.35 bits per heavy atom. The van der Waals surface area contributed by atoms with E-state index in [1.54, 1.807) is 0 Å². The summed E-state index contributed by atoms with van der Waals surface area (Å²) in [6.07, 6.45) is 8.68. The molecule has 55 heavy (non-hydrogen) atoms. The second-order valence-electron chi connectivity index (χ2n) is 20.3. The van der Waals surface area contributed by atoms with Crippen LogP contribution in [0.3, 0.4) is 0 Å². The van der Waals surface area contributed by atoms with E-state index in [9.17, 15) is 0 Å². The van der Waals surface area contributed by atoms with Crippen LogP contribution in [0.15, 0.2) is 96.6 Å². The number of allylic oxidation sites excluding steroid dienone is 4. The van der Waals surface area contributed by atoms with E-state index in [4.69, 9.17) is 0 Å². The van der Waals surface area contributed by atoms with Crippen LogP contribution in [0.5, 0.6) is 0 Å². The summed E-state index contributed by atoms with van der Waals surface area (Å²) in [5.74, 6) is 0.522. The molecule has 0 bridgehead atoms. The van der Waals surface area contributed by atoms with Gasteiger partial charge in [0.15, 0.2) is 0 Å². The quantitative estimate of drug-likeness (QED) is 0.158. The molecular formula is C52H66Cl2Zr-2. The van der Waals surface area contributed by atoms with Crippen molar-refractivity contribution in [2.24, 2.45) is 11.3 Å². The van der Waals surface area contributed by atoms with E-state index in [0.717, 1.165) is 6.42 Å². The van der Waals surface area contributed by atoms with E-state index in [1.165, 1.54) is 88.6 Å². The van der Waals surface area contributed by atoms with Crippen molar-refractivity contribution in [2.75, 3.05) is 0 Å². The second-order valence-corrected chi connectivity index (χ2v) is 21.5. The van der Waals surface area contributed by atoms with Gasteiger partial charge in [-0.1, -0.05) is 104 Å². The van der Waals surface area contributed by atoms with Crippen molar-refractivity contribution in [3.8, 4) is 11.1 Å². The zero-order valence-electron chi connectivity index (χ0n) is 36.7. The SMILES string of the molecule is CC(C)(C)c1[c-]c2c(cc1)-c1ccc(C(C)(C)C)cc1C2.CC(C)(C)c1ccc([C](=[Zr+2])c2ccc(C(C)(C)C)cc2)cc1.CC1[C-]=CC(C(C)(C)C)=C1.[Cl-].[Cl-]. The fraction of sp³-hybridized carbons (Fsp3) is 0.442. The van der Waals surface area contributed by atoms with E-state index >= 15 is 0 Å². The zero-order valence-corrected chi connectivity index (χ0v) is 40.7. The smallest absolute Gasteiger partial charge is 0.0716 e. The molecule has 1 atom stereocenters. The van der Waals surface area contributed by atoms with E-state index in [1.807, 2.05) is 0 Å². The maximum Gasteiger partial charge on any atom is -0.0716 e. The first-order chi connectivity index (χ1) is 24.2. The summed E-state index contributed by atoms with van der Waals surface area (Å²) in [5, 5.41) is 0. The van der Waals surface area contributed by atoms with Crippen LogP contribution in [-0.4, -0.2) is 3.21 Å². The molecule has 294 valence electrons. The Hall–Kier alpha value is -2.31. The summed E-state index contributed by atoms with van der Waals surface area (Å²) in [5.41, 5.74) is 16.3. The van der Waals surface area contributed by atoms with Gasteiger partial charge >= 0.3 is 151 Å². The molecule has 0 N–H and O–H groups in total. The van der Waals surface area contributed by atoms with Crippen molar-refractivity contribution in [1.82, 2.24) is 0 Å². The number of hydrogen-bond donors (Lipinski definition) is 0. The molecule has 0 aliphatic heterocycles. The van der Waals surface area contributed by atoms with Crippen LogP contribution < -0.4 is 24.8 Å². The predicted octanol–water partition coefficient (Wildman–Crippen LogP) is 8.03. The predicted molar refractivity (Wildman–Crippen MR) is 229 cm³/mol. The molecule has 3 heteroatoms. The molecule has 0 aromatic heterocycles. The number of rotatable bonds is 2. The van der Waals surface area contributed by atoms with Gasteiger partial charge in [-0.25, -0.2) is 6.08 Å². The molecule has 0 saturated carbocycles. The second kappa shape index (κ2) is 18.5. The average Bonchev–Trinajstić information content (AvgIpc) is 3.66. The standard InChI is InChI=1S/C21H25.C21H26.C10H15.2ClH.Zr/c1-20(2,3)16-7-9-18-14(12-16)11-15-13-17(21(4,5)6)8-10-19(15)18;1-20(2,3)18-11-7-16(8-12-18)15-17-9-13-19(14-10-17)21(4,5)6;1-8-5-6-9(7-8)10(2,3)4;;;/h7-10,12H,11H2,1-6H3;7-14H,1-6H3;6-8H,1-4H3;2*1H;/q-1;;-1;;;+2/p-2. The maximum absolute atomic E-state index is 3.67. The molecule has 0 radical (unpaired) electrons. The third-order valence-corrected chi connectivity index (χ3v) is 11.8. The molecular weight excluding hydrogens is 787 g/mol. The minimum Gasteiger partial charge on any atom is -1.00 e. The van der Waals surface area contributed by atoms with Gasteiger partial charge in [0.05, 0.1) is 0 Å². The Morgan fingerprint density at radius 2 is 0.982 bits per heavy atom. The number of halogens is 2. The third kappa shape index (κ3) is 13.1. The van der Waals surface area contributed by atoms with Crippen LogP contribution in [0, 0.1) is 23.5 Å². The van der Waals surface area contributed by atoms with E-state index in [-0.39, 0.29) is 46.5 Å².